The lowest BCUT2D eigenvalue weighted by Gasteiger charge is -2.26. The van der Waals surface area contributed by atoms with Gasteiger partial charge in [-0.2, -0.15) is 0 Å². The van der Waals surface area contributed by atoms with Crippen molar-refractivity contribution >= 4 is 5.91 Å². The molecule has 3 atom stereocenters. The highest BCUT2D eigenvalue weighted by Crippen LogP contribution is 2.38. The maximum Gasteiger partial charge on any atom is 0.240 e. The molecule has 0 spiro atoms. The Hall–Kier alpha value is -0.610. The summed E-state index contributed by atoms with van der Waals surface area (Å²) in [5.41, 5.74) is 0. The van der Waals surface area contributed by atoms with Crippen LogP contribution in [-0.2, 0) is 4.79 Å². The number of amides is 1. The lowest BCUT2D eigenvalue weighted by molar-refractivity contribution is -0.134. The van der Waals surface area contributed by atoms with Crippen LogP contribution in [0.4, 0.5) is 0 Å². The van der Waals surface area contributed by atoms with E-state index in [1.165, 1.54) is 19.3 Å². The number of rotatable bonds is 4. The minimum Gasteiger partial charge on any atom is -0.395 e. The first kappa shape index (κ1) is 11.9. The highest BCUT2D eigenvalue weighted by molar-refractivity contribution is 5.82. The molecule has 1 aliphatic carbocycles. The monoisotopic (exact) mass is 226 g/mol. The summed E-state index contributed by atoms with van der Waals surface area (Å²) in [5.74, 6) is 1.44. The van der Waals surface area contributed by atoms with Gasteiger partial charge in [0.05, 0.1) is 12.6 Å². The topological polar surface area (TPSA) is 52.6 Å². The number of aliphatic hydroxyl groups is 1. The number of carbonyl (C=O) groups excluding carboxylic acids is 1. The third-order valence-corrected chi connectivity index (χ3v) is 4.08. The van der Waals surface area contributed by atoms with Crippen LogP contribution in [-0.4, -0.2) is 48.2 Å². The molecule has 16 heavy (non-hydrogen) atoms. The quantitative estimate of drug-likeness (QED) is 0.721. The fraction of sp³-hybridized carbons (Fsp3) is 0.917. The fourth-order valence-corrected chi connectivity index (χ4v) is 3.20. The van der Waals surface area contributed by atoms with E-state index in [0.29, 0.717) is 24.9 Å². The van der Waals surface area contributed by atoms with E-state index in [1.807, 2.05) is 6.92 Å². The molecule has 3 unspecified atom stereocenters. The number of fused-ring (bicyclic) bond motifs is 1. The molecule has 2 rings (SSSR count). The minimum absolute atomic E-state index is 0.0130. The largest absolute Gasteiger partial charge is 0.395 e. The lowest BCUT2D eigenvalue weighted by atomic mass is 9.93. The zero-order valence-corrected chi connectivity index (χ0v) is 9.98. The first-order valence-electron chi connectivity index (χ1n) is 6.41. The number of hydrogen-bond acceptors (Lipinski definition) is 3. The molecule has 1 aliphatic heterocycles. The summed E-state index contributed by atoms with van der Waals surface area (Å²) in [4.78, 5) is 14.0. The van der Waals surface area contributed by atoms with Gasteiger partial charge in [0.2, 0.25) is 5.91 Å². The van der Waals surface area contributed by atoms with Crippen LogP contribution >= 0.6 is 0 Å². The van der Waals surface area contributed by atoms with Crippen molar-refractivity contribution in [2.75, 3.05) is 26.2 Å². The Bertz CT molecular complexity index is 257. The zero-order chi connectivity index (χ0) is 11.5. The third-order valence-electron chi connectivity index (χ3n) is 4.08. The van der Waals surface area contributed by atoms with Crippen LogP contribution in [0.15, 0.2) is 0 Å². The molecule has 2 aliphatic rings. The first-order chi connectivity index (χ1) is 7.77. The van der Waals surface area contributed by atoms with Crippen LogP contribution in [0.2, 0.25) is 0 Å². The summed E-state index contributed by atoms with van der Waals surface area (Å²) in [7, 11) is 0. The number of nitrogens with zero attached hydrogens (tertiary/aromatic N) is 1. The van der Waals surface area contributed by atoms with Crippen LogP contribution < -0.4 is 5.32 Å². The van der Waals surface area contributed by atoms with Gasteiger partial charge < -0.3 is 15.3 Å². The molecule has 1 saturated carbocycles. The molecule has 0 aromatic heterocycles. The van der Waals surface area contributed by atoms with Gasteiger partial charge in [-0.3, -0.25) is 4.79 Å². The Kier molecular flexibility index (Phi) is 3.82. The summed E-state index contributed by atoms with van der Waals surface area (Å²) in [6, 6.07) is 0.0130. The predicted octanol–water partition coefficient (Wildman–Crippen LogP) is 0.215. The normalized spacial score (nSPS) is 32.8. The second-order valence-corrected chi connectivity index (χ2v) is 4.88. The molecule has 4 nitrogen and oxygen atoms in total. The van der Waals surface area contributed by atoms with E-state index in [9.17, 15) is 4.79 Å². The highest BCUT2D eigenvalue weighted by atomic mass is 16.3. The second-order valence-electron chi connectivity index (χ2n) is 4.88. The van der Waals surface area contributed by atoms with Gasteiger partial charge >= 0.3 is 0 Å². The van der Waals surface area contributed by atoms with Gasteiger partial charge in [-0.15, -0.1) is 0 Å². The van der Waals surface area contributed by atoms with Gasteiger partial charge in [0.1, 0.15) is 0 Å². The van der Waals surface area contributed by atoms with Gasteiger partial charge in [-0.05, 0) is 38.1 Å². The van der Waals surface area contributed by atoms with E-state index in [0.717, 1.165) is 6.54 Å². The van der Waals surface area contributed by atoms with Crippen LogP contribution in [0.5, 0.6) is 0 Å². The number of hydrogen-bond donors (Lipinski definition) is 2. The molecule has 2 N–H and O–H groups in total. The van der Waals surface area contributed by atoms with Crippen molar-refractivity contribution < 1.29 is 9.90 Å². The average Bonchev–Trinajstić information content (AvgIpc) is 2.86. The van der Waals surface area contributed by atoms with E-state index in [-0.39, 0.29) is 18.6 Å². The maximum atomic E-state index is 12.3. The van der Waals surface area contributed by atoms with Crippen molar-refractivity contribution in [2.24, 2.45) is 11.8 Å². The highest BCUT2D eigenvalue weighted by Gasteiger charge is 2.43. The molecule has 1 amide bonds. The van der Waals surface area contributed by atoms with E-state index >= 15 is 0 Å². The van der Waals surface area contributed by atoms with Crippen molar-refractivity contribution in [3.05, 3.63) is 0 Å². The Labute approximate surface area is 97.0 Å². The van der Waals surface area contributed by atoms with Crippen LogP contribution in [0, 0.1) is 11.8 Å². The zero-order valence-electron chi connectivity index (χ0n) is 9.98. The number of likely N-dealkylation sites (N-methyl/N-ethyl adjacent to an activating group) is 1. The molecule has 4 heteroatoms. The summed E-state index contributed by atoms with van der Waals surface area (Å²) in [5, 5.41) is 12.3. The standard InChI is InChI=1S/C12H22N2O2/c1-2-14(6-7-15)12(16)11-10-5-3-4-9(10)8-13-11/h9-11,13,15H,2-8H2,1H3. The first-order valence-corrected chi connectivity index (χ1v) is 6.41. The molecule has 0 aromatic carbocycles. The van der Waals surface area contributed by atoms with Gasteiger partial charge in [-0.25, -0.2) is 0 Å². The minimum atomic E-state index is 0.0130. The number of aliphatic hydroxyl groups excluding tert-OH is 1. The van der Waals surface area contributed by atoms with Crippen molar-refractivity contribution in [3.63, 3.8) is 0 Å². The number of carbonyl (C=O) groups is 1. The molecule has 0 radical (unpaired) electrons. The lowest BCUT2D eigenvalue weighted by Crippen LogP contribution is -2.47. The van der Waals surface area contributed by atoms with E-state index in [4.69, 9.17) is 5.11 Å². The Morgan fingerprint density at radius 1 is 1.50 bits per heavy atom. The van der Waals surface area contributed by atoms with Crippen molar-refractivity contribution in [2.45, 2.75) is 32.2 Å². The van der Waals surface area contributed by atoms with Gasteiger partial charge in [0.15, 0.2) is 0 Å². The predicted molar refractivity (Wildman–Crippen MR) is 62.0 cm³/mol. The van der Waals surface area contributed by atoms with Crippen molar-refractivity contribution in [1.29, 1.82) is 0 Å². The molecular formula is C12H22N2O2. The summed E-state index contributed by atoms with van der Waals surface area (Å²) >= 11 is 0. The van der Waals surface area contributed by atoms with Gasteiger partial charge in [-0.1, -0.05) is 6.42 Å². The molecular weight excluding hydrogens is 204 g/mol. The van der Waals surface area contributed by atoms with Crippen molar-refractivity contribution in [1.82, 2.24) is 10.2 Å². The Morgan fingerprint density at radius 3 is 3.00 bits per heavy atom. The van der Waals surface area contributed by atoms with E-state index < -0.39 is 0 Å². The molecule has 92 valence electrons. The molecule has 2 fully saturated rings. The molecule has 1 saturated heterocycles. The van der Waals surface area contributed by atoms with Crippen LogP contribution in [0.1, 0.15) is 26.2 Å². The smallest absolute Gasteiger partial charge is 0.240 e. The fourth-order valence-electron chi connectivity index (χ4n) is 3.20. The summed E-state index contributed by atoms with van der Waals surface area (Å²) < 4.78 is 0. The van der Waals surface area contributed by atoms with Crippen molar-refractivity contribution in [3.8, 4) is 0 Å². The van der Waals surface area contributed by atoms with Crippen LogP contribution in [0.3, 0.4) is 0 Å². The van der Waals surface area contributed by atoms with Crippen LogP contribution in [0.25, 0.3) is 0 Å². The van der Waals surface area contributed by atoms with E-state index in [2.05, 4.69) is 5.32 Å². The second kappa shape index (κ2) is 5.15. The SMILES string of the molecule is CCN(CCO)C(=O)C1NCC2CCCC21. The molecule has 0 aromatic rings. The molecule has 1 heterocycles. The summed E-state index contributed by atoms with van der Waals surface area (Å²) in [6.45, 7) is 4.17. The van der Waals surface area contributed by atoms with Gasteiger partial charge in [0, 0.05) is 13.1 Å². The van der Waals surface area contributed by atoms with Gasteiger partial charge in [0.25, 0.3) is 0 Å². The number of nitrogens with one attached hydrogen (secondary N) is 1. The third kappa shape index (κ3) is 2.09. The summed E-state index contributed by atoms with van der Waals surface area (Å²) in [6.07, 6.45) is 3.73. The molecule has 0 bridgehead atoms. The Balaban J connectivity index is 1.98. The van der Waals surface area contributed by atoms with E-state index in [1.54, 1.807) is 4.90 Å². The Morgan fingerprint density at radius 2 is 2.31 bits per heavy atom. The maximum absolute atomic E-state index is 12.3. The average molecular weight is 226 g/mol.